The van der Waals surface area contributed by atoms with Crippen molar-refractivity contribution in [1.82, 2.24) is 10.0 Å². The topological polar surface area (TPSA) is 84.2 Å². The predicted molar refractivity (Wildman–Crippen MR) is 94.6 cm³/mol. The first-order valence-electron chi connectivity index (χ1n) is 6.97. The second-order valence-corrected chi connectivity index (χ2v) is 8.43. The van der Waals surface area contributed by atoms with Crippen LogP contribution in [-0.2, 0) is 10.0 Å². The van der Waals surface area contributed by atoms with E-state index in [1.807, 2.05) is 6.92 Å². The first-order chi connectivity index (χ1) is 9.76. The lowest BCUT2D eigenvalue weighted by Crippen LogP contribution is -2.47. The Labute approximate surface area is 141 Å². The molecule has 7 heteroatoms. The van der Waals surface area contributed by atoms with Crippen molar-refractivity contribution in [3.63, 3.8) is 0 Å². The second kappa shape index (κ2) is 8.42. The summed E-state index contributed by atoms with van der Waals surface area (Å²) in [6, 6.07) is 6.77. The summed E-state index contributed by atoms with van der Waals surface area (Å²) in [6.45, 7) is 7.10. The lowest BCUT2D eigenvalue weighted by atomic mass is 10.0. The first kappa shape index (κ1) is 18.8. The van der Waals surface area contributed by atoms with Crippen LogP contribution in [0.25, 0.3) is 0 Å². The minimum absolute atomic E-state index is 0.190. The molecule has 0 spiro atoms. The third kappa shape index (κ3) is 6.19. The van der Waals surface area contributed by atoms with Crippen molar-refractivity contribution in [3.8, 4) is 0 Å². The van der Waals surface area contributed by atoms with Crippen LogP contribution < -0.4 is 15.8 Å². The summed E-state index contributed by atoms with van der Waals surface area (Å²) < 4.78 is 28.2. The van der Waals surface area contributed by atoms with Crippen LogP contribution in [0, 0.1) is 9.49 Å². The minimum atomic E-state index is -3.48. The van der Waals surface area contributed by atoms with E-state index >= 15 is 0 Å². The summed E-state index contributed by atoms with van der Waals surface area (Å²) in [5, 5.41) is 3.30. The van der Waals surface area contributed by atoms with Crippen molar-refractivity contribution in [2.75, 3.05) is 13.1 Å². The van der Waals surface area contributed by atoms with Gasteiger partial charge in [-0.25, -0.2) is 13.1 Å². The molecule has 21 heavy (non-hydrogen) atoms. The molecule has 0 fully saturated rings. The highest BCUT2D eigenvalue weighted by Gasteiger charge is 2.18. The Morgan fingerprint density at radius 2 is 1.76 bits per heavy atom. The van der Waals surface area contributed by atoms with Crippen molar-refractivity contribution in [1.29, 1.82) is 0 Å². The van der Waals surface area contributed by atoms with Crippen molar-refractivity contribution in [2.45, 2.75) is 37.8 Å². The predicted octanol–water partition coefficient (Wildman–Crippen LogP) is 1.53. The van der Waals surface area contributed by atoms with E-state index < -0.39 is 10.0 Å². The summed E-state index contributed by atoms with van der Waals surface area (Å²) in [4.78, 5) is 0.286. The molecule has 0 aromatic heterocycles. The molecule has 0 saturated heterocycles. The van der Waals surface area contributed by atoms with Crippen LogP contribution in [0.5, 0.6) is 0 Å². The third-order valence-electron chi connectivity index (χ3n) is 3.23. The number of nitrogens with two attached hydrogens (primary N) is 1. The van der Waals surface area contributed by atoms with Crippen LogP contribution in [0.3, 0.4) is 0 Å². The van der Waals surface area contributed by atoms with Crippen LogP contribution in [0.1, 0.15) is 20.8 Å². The van der Waals surface area contributed by atoms with E-state index in [0.717, 1.165) is 3.57 Å². The number of hydrogen-bond donors (Lipinski definition) is 3. The summed E-state index contributed by atoms with van der Waals surface area (Å²) in [5.41, 5.74) is 5.69. The SMILES string of the molecule is CC(CNC(CN)C(C)C)NS(=O)(=O)c1ccc(I)cc1. The molecular formula is C14H24IN3O2S. The highest BCUT2D eigenvalue weighted by Crippen LogP contribution is 2.12. The van der Waals surface area contributed by atoms with Gasteiger partial charge in [-0.2, -0.15) is 0 Å². The van der Waals surface area contributed by atoms with E-state index in [1.165, 1.54) is 0 Å². The van der Waals surface area contributed by atoms with Crippen molar-refractivity contribution in [2.24, 2.45) is 11.7 Å². The summed E-state index contributed by atoms with van der Waals surface area (Å²) in [7, 11) is -3.48. The standard InChI is InChI=1S/C14H24IN3O2S/c1-10(2)14(8-16)17-9-11(3)18-21(19,20)13-6-4-12(15)5-7-13/h4-7,10-11,14,17-18H,8-9,16H2,1-3H3. The molecule has 0 amide bonds. The fraction of sp³-hybridized carbons (Fsp3) is 0.571. The normalized spacial score (nSPS) is 15.1. The van der Waals surface area contributed by atoms with E-state index in [-0.39, 0.29) is 17.0 Å². The zero-order valence-electron chi connectivity index (χ0n) is 12.6. The van der Waals surface area contributed by atoms with Gasteiger partial charge in [-0.3, -0.25) is 0 Å². The van der Waals surface area contributed by atoms with Gasteiger partial charge in [-0.15, -0.1) is 0 Å². The van der Waals surface area contributed by atoms with E-state index in [0.29, 0.717) is 19.0 Å². The molecule has 0 aliphatic rings. The van der Waals surface area contributed by atoms with Crippen molar-refractivity contribution < 1.29 is 8.42 Å². The van der Waals surface area contributed by atoms with Gasteiger partial charge in [-0.1, -0.05) is 13.8 Å². The van der Waals surface area contributed by atoms with Gasteiger partial charge in [0.2, 0.25) is 10.0 Å². The van der Waals surface area contributed by atoms with E-state index in [9.17, 15) is 8.42 Å². The van der Waals surface area contributed by atoms with Gasteiger partial charge in [-0.05, 0) is 59.7 Å². The maximum absolute atomic E-state index is 12.2. The zero-order chi connectivity index (χ0) is 16.0. The molecule has 1 aromatic carbocycles. The Balaban J connectivity index is 2.61. The molecule has 1 aromatic rings. The highest BCUT2D eigenvalue weighted by molar-refractivity contribution is 14.1. The summed E-state index contributed by atoms with van der Waals surface area (Å²) in [6.07, 6.45) is 0. The van der Waals surface area contributed by atoms with Gasteiger partial charge in [0, 0.05) is 28.7 Å². The van der Waals surface area contributed by atoms with Crippen LogP contribution in [-0.4, -0.2) is 33.6 Å². The zero-order valence-corrected chi connectivity index (χ0v) is 15.6. The number of rotatable bonds is 8. The van der Waals surface area contributed by atoms with Gasteiger partial charge in [0.05, 0.1) is 4.90 Å². The average molecular weight is 425 g/mol. The number of nitrogens with one attached hydrogen (secondary N) is 2. The lowest BCUT2D eigenvalue weighted by Gasteiger charge is -2.23. The van der Waals surface area contributed by atoms with E-state index in [2.05, 4.69) is 46.5 Å². The average Bonchev–Trinajstić information content (AvgIpc) is 2.38. The Morgan fingerprint density at radius 3 is 2.24 bits per heavy atom. The van der Waals surface area contributed by atoms with Crippen LogP contribution in [0.15, 0.2) is 29.2 Å². The van der Waals surface area contributed by atoms with Crippen molar-refractivity contribution in [3.05, 3.63) is 27.8 Å². The molecule has 0 aliphatic carbocycles. The number of sulfonamides is 1. The monoisotopic (exact) mass is 425 g/mol. The van der Waals surface area contributed by atoms with E-state index in [4.69, 9.17) is 5.73 Å². The molecule has 2 atom stereocenters. The van der Waals surface area contributed by atoms with Crippen LogP contribution in [0.2, 0.25) is 0 Å². The van der Waals surface area contributed by atoms with Gasteiger partial charge >= 0.3 is 0 Å². The number of benzene rings is 1. The maximum atomic E-state index is 12.2. The van der Waals surface area contributed by atoms with Crippen LogP contribution >= 0.6 is 22.6 Å². The quantitative estimate of drug-likeness (QED) is 0.552. The molecular weight excluding hydrogens is 401 g/mol. The summed E-state index contributed by atoms with van der Waals surface area (Å²) >= 11 is 2.14. The smallest absolute Gasteiger partial charge is 0.240 e. The molecule has 2 unspecified atom stereocenters. The number of halogens is 1. The molecule has 0 heterocycles. The van der Waals surface area contributed by atoms with Gasteiger partial charge in [0.1, 0.15) is 0 Å². The molecule has 0 radical (unpaired) electrons. The second-order valence-electron chi connectivity index (χ2n) is 5.47. The molecule has 5 nitrogen and oxygen atoms in total. The molecule has 120 valence electrons. The minimum Gasteiger partial charge on any atom is -0.329 e. The van der Waals surface area contributed by atoms with Crippen molar-refractivity contribution >= 4 is 32.6 Å². The Hall–Kier alpha value is -0.220. The maximum Gasteiger partial charge on any atom is 0.240 e. The van der Waals surface area contributed by atoms with Crippen LogP contribution in [0.4, 0.5) is 0 Å². The fourth-order valence-electron chi connectivity index (χ4n) is 1.91. The Kier molecular flexibility index (Phi) is 7.55. The fourth-order valence-corrected chi connectivity index (χ4v) is 3.51. The molecule has 1 rings (SSSR count). The Morgan fingerprint density at radius 1 is 1.19 bits per heavy atom. The Bertz CT molecular complexity index is 532. The van der Waals surface area contributed by atoms with Gasteiger partial charge in [0.15, 0.2) is 0 Å². The largest absolute Gasteiger partial charge is 0.329 e. The molecule has 0 bridgehead atoms. The first-order valence-corrected chi connectivity index (χ1v) is 9.53. The molecule has 4 N–H and O–H groups in total. The highest BCUT2D eigenvalue weighted by atomic mass is 127. The van der Waals surface area contributed by atoms with Gasteiger partial charge in [0.25, 0.3) is 0 Å². The third-order valence-corrected chi connectivity index (χ3v) is 5.55. The molecule has 0 aliphatic heterocycles. The summed E-state index contributed by atoms with van der Waals surface area (Å²) in [5.74, 6) is 0.412. The lowest BCUT2D eigenvalue weighted by molar-refractivity contribution is 0.391. The molecule has 0 saturated carbocycles. The van der Waals surface area contributed by atoms with Gasteiger partial charge < -0.3 is 11.1 Å². The van der Waals surface area contributed by atoms with E-state index in [1.54, 1.807) is 24.3 Å². The number of hydrogen-bond acceptors (Lipinski definition) is 4.